The molecule has 1 unspecified atom stereocenters. The number of nitrogens with one attached hydrogen (secondary N) is 1. The molecule has 2 rings (SSSR count). The second-order valence-electron chi connectivity index (χ2n) is 4.98. The fourth-order valence-corrected chi connectivity index (χ4v) is 2.34. The van der Waals surface area contributed by atoms with Crippen LogP contribution in [0.5, 0.6) is 5.75 Å². The van der Waals surface area contributed by atoms with E-state index >= 15 is 0 Å². The van der Waals surface area contributed by atoms with Crippen LogP contribution in [-0.2, 0) is 6.54 Å². The number of fused-ring (bicyclic) bond motifs is 1. The Morgan fingerprint density at radius 2 is 2.22 bits per heavy atom. The summed E-state index contributed by atoms with van der Waals surface area (Å²) >= 11 is 0. The van der Waals surface area contributed by atoms with Crippen molar-refractivity contribution in [3.8, 4) is 5.75 Å². The van der Waals surface area contributed by atoms with E-state index in [1.807, 2.05) is 6.07 Å². The first-order chi connectivity index (χ1) is 8.81. The van der Waals surface area contributed by atoms with Gasteiger partial charge in [-0.2, -0.15) is 0 Å². The van der Waals surface area contributed by atoms with Crippen LogP contribution in [0.1, 0.15) is 25.8 Å². The summed E-state index contributed by atoms with van der Waals surface area (Å²) in [6, 6.07) is 8.91. The Balaban J connectivity index is 1.94. The van der Waals surface area contributed by atoms with Crippen LogP contribution in [0.3, 0.4) is 0 Å². The largest absolute Gasteiger partial charge is 0.492 e. The first kappa shape index (κ1) is 13.4. The second kappa shape index (κ2) is 6.76. The van der Waals surface area contributed by atoms with Crippen LogP contribution in [-0.4, -0.2) is 37.2 Å². The van der Waals surface area contributed by atoms with Gasteiger partial charge in [-0.05, 0) is 26.0 Å². The third-order valence-corrected chi connectivity index (χ3v) is 3.47. The van der Waals surface area contributed by atoms with Crippen molar-refractivity contribution in [1.29, 1.82) is 0 Å². The molecule has 3 nitrogen and oxygen atoms in total. The minimum Gasteiger partial charge on any atom is -0.492 e. The van der Waals surface area contributed by atoms with Crippen molar-refractivity contribution < 1.29 is 4.74 Å². The molecule has 1 aliphatic heterocycles. The van der Waals surface area contributed by atoms with Crippen molar-refractivity contribution in [3.63, 3.8) is 0 Å². The van der Waals surface area contributed by atoms with E-state index in [4.69, 9.17) is 4.74 Å². The van der Waals surface area contributed by atoms with Crippen molar-refractivity contribution >= 4 is 0 Å². The number of para-hydroxylation sites is 1. The topological polar surface area (TPSA) is 24.5 Å². The molecule has 1 atom stereocenters. The lowest BCUT2D eigenvalue weighted by Crippen LogP contribution is -2.41. The highest BCUT2D eigenvalue weighted by atomic mass is 16.5. The van der Waals surface area contributed by atoms with Crippen LogP contribution >= 0.6 is 0 Å². The van der Waals surface area contributed by atoms with E-state index in [2.05, 4.69) is 42.3 Å². The zero-order chi connectivity index (χ0) is 12.8. The van der Waals surface area contributed by atoms with Gasteiger partial charge < -0.3 is 10.1 Å². The lowest BCUT2D eigenvalue weighted by Gasteiger charge is -2.27. The van der Waals surface area contributed by atoms with Crippen LogP contribution in [0.15, 0.2) is 24.3 Å². The number of hydrogen-bond acceptors (Lipinski definition) is 3. The molecular formula is C15H24N2O. The SMILES string of the molecule is CCCNCC(C)N1CCOc2ccccc2C1. The Morgan fingerprint density at radius 1 is 1.39 bits per heavy atom. The Labute approximate surface area is 110 Å². The highest BCUT2D eigenvalue weighted by molar-refractivity contribution is 5.33. The summed E-state index contributed by atoms with van der Waals surface area (Å²) < 4.78 is 5.79. The highest BCUT2D eigenvalue weighted by Gasteiger charge is 2.18. The summed E-state index contributed by atoms with van der Waals surface area (Å²) in [5.74, 6) is 1.05. The third kappa shape index (κ3) is 3.47. The molecule has 1 N–H and O–H groups in total. The molecule has 0 amide bonds. The minimum atomic E-state index is 0.548. The summed E-state index contributed by atoms with van der Waals surface area (Å²) in [4.78, 5) is 2.49. The first-order valence-corrected chi connectivity index (χ1v) is 6.96. The molecule has 0 fully saturated rings. The lowest BCUT2D eigenvalue weighted by atomic mass is 10.1. The summed E-state index contributed by atoms with van der Waals surface area (Å²) in [5.41, 5.74) is 1.30. The van der Waals surface area contributed by atoms with Gasteiger partial charge in [-0.25, -0.2) is 0 Å². The molecule has 0 aromatic heterocycles. The molecule has 0 radical (unpaired) electrons. The van der Waals surface area contributed by atoms with Gasteiger partial charge in [0.25, 0.3) is 0 Å². The van der Waals surface area contributed by atoms with Crippen molar-refractivity contribution in [2.75, 3.05) is 26.2 Å². The molecule has 1 heterocycles. The number of rotatable bonds is 5. The van der Waals surface area contributed by atoms with Gasteiger partial charge in [0.15, 0.2) is 0 Å². The maximum Gasteiger partial charge on any atom is 0.123 e. The van der Waals surface area contributed by atoms with E-state index in [0.29, 0.717) is 6.04 Å². The number of benzene rings is 1. The predicted molar refractivity (Wildman–Crippen MR) is 75.0 cm³/mol. The quantitative estimate of drug-likeness (QED) is 0.809. The Bertz CT molecular complexity index is 367. The van der Waals surface area contributed by atoms with Crippen LogP contribution in [0.4, 0.5) is 0 Å². The molecular weight excluding hydrogens is 224 g/mol. The zero-order valence-corrected chi connectivity index (χ0v) is 11.5. The van der Waals surface area contributed by atoms with Crippen LogP contribution in [0.25, 0.3) is 0 Å². The zero-order valence-electron chi connectivity index (χ0n) is 11.5. The van der Waals surface area contributed by atoms with Gasteiger partial charge in [0, 0.05) is 31.2 Å². The number of nitrogens with zero attached hydrogens (tertiary/aromatic N) is 1. The fraction of sp³-hybridized carbons (Fsp3) is 0.600. The van der Waals surface area contributed by atoms with Crippen molar-refractivity contribution in [2.45, 2.75) is 32.9 Å². The third-order valence-electron chi connectivity index (χ3n) is 3.47. The van der Waals surface area contributed by atoms with Gasteiger partial charge >= 0.3 is 0 Å². The second-order valence-corrected chi connectivity index (χ2v) is 4.98. The van der Waals surface area contributed by atoms with Crippen molar-refractivity contribution in [3.05, 3.63) is 29.8 Å². The first-order valence-electron chi connectivity index (χ1n) is 6.96. The van der Waals surface area contributed by atoms with E-state index in [9.17, 15) is 0 Å². The van der Waals surface area contributed by atoms with E-state index in [1.165, 1.54) is 12.0 Å². The van der Waals surface area contributed by atoms with Crippen LogP contribution in [0.2, 0.25) is 0 Å². The summed E-state index contributed by atoms with van der Waals surface area (Å²) in [6.07, 6.45) is 1.19. The monoisotopic (exact) mass is 248 g/mol. The van der Waals surface area contributed by atoms with Gasteiger partial charge in [-0.15, -0.1) is 0 Å². The molecule has 1 aromatic carbocycles. The maximum absolute atomic E-state index is 5.79. The van der Waals surface area contributed by atoms with E-state index in [1.54, 1.807) is 0 Å². The maximum atomic E-state index is 5.79. The number of ether oxygens (including phenoxy) is 1. The van der Waals surface area contributed by atoms with Gasteiger partial charge in [0.1, 0.15) is 12.4 Å². The molecule has 3 heteroatoms. The average Bonchev–Trinajstić information content (AvgIpc) is 2.61. The molecule has 0 bridgehead atoms. The van der Waals surface area contributed by atoms with Gasteiger partial charge in [-0.3, -0.25) is 4.90 Å². The molecule has 0 saturated carbocycles. The molecule has 0 spiro atoms. The summed E-state index contributed by atoms with van der Waals surface area (Å²) in [5, 5.41) is 3.49. The summed E-state index contributed by atoms with van der Waals surface area (Å²) in [7, 11) is 0. The highest BCUT2D eigenvalue weighted by Crippen LogP contribution is 2.23. The molecule has 0 saturated heterocycles. The summed E-state index contributed by atoms with van der Waals surface area (Å²) in [6.45, 7) is 9.43. The van der Waals surface area contributed by atoms with Crippen molar-refractivity contribution in [2.24, 2.45) is 0 Å². The molecule has 1 aliphatic rings. The minimum absolute atomic E-state index is 0.548. The lowest BCUT2D eigenvalue weighted by molar-refractivity contribution is 0.176. The van der Waals surface area contributed by atoms with Crippen LogP contribution in [0, 0.1) is 0 Å². The Hall–Kier alpha value is -1.06. The smallest absolute Gasteiger partial charge is 0.123 e. The van der Waals surface area contributed by atoms with E-state index in [-0.39, 0.29) is 0 Å². The predicted octanol–water partition coefficient (Wildman–Crippen LogP) is 2.27. The van der Waals surface area contributed by atoms with E-state index in [0.717, 1.165) is 38.5 Å². The van der Waals surface area contributed by atoms with Gasteiger partial charge in [0.05, 0.1) is 0 Å². The molecule has 100 valence electrons. The molecule has 0 aliphatic carbocycles. The normalized spacial score (nSPS) is 17.7. The van der Waals surface area contributed by atoms with Crippen molar-refractivity contribution in [1.82, 2.24) is 10.2 Å². The average molecular weight is 248 g/mol. The van der Waals surface area contributed by atoms with Gasteiger partial charge in [0.2, 0.25) is 0 Å². The Morgan fingerprint density at radius 3 is 3.06 bits per heavy atom. The number of hydrogen-bond donors (Lipinski definition) is 1. The van der Waals surface area contributed by atoms with Gasteiger partial charge in [-0.1, -0.05) is 25.1 Å². The Kier molecular flexibility index (Phi) is 5.02. The molecule has 18 heavy (non-hydrogen) atoms. The van der Waals surface area contributed by atoms with Crippen LogP contribution < -0.4 is 10.1 Å². The fourth-order valence-electron chi connectivity index (χ4n) is 2.34. The van der Waals surface area contributed by atoms with E-state index < -0.39 is 0 Å². The molecule has 1 aromatic rings. The standard InChI is InChI=1S/C15H24N2O/c1-3-8-16-11-13(2)17-9-10-18-15-7-5-4-6-14(15)12-17/h4-7,13,16H,3,8-12H2,1-2H3.